The molecule has 0 unspecified atom stereocenters. The number of rotatable bonds is 4. The molecule has 7 rings (SSSR count). The van der Waals surface area contributed by atoms with Crippen LogP contribution >= 0.6 is 0 Å². The number of aromatic amines is 1. The van der Waals surface area contributed by atoms with Crippen molar-refractivity contribution in [1.82, 2.24) is 10.2 Å². The van der Waals surface area contributed by atoms with E-state index in [-0.39, 0.29) is 18.0 Å². The first-order chi connectivity index (χ1) is 21.9. The molecule has 4 aromatic rings. The number of carbonyl (C=O) groups excluding carboxylic acids is 3. The number of hydrogen-bond acceptors (Lipinski definition) is 4. The molecule has 1 N–H and O–H groups in total. The molecule has 0 atom stereocenters. The summed E-state index contributed by atoms with van der Waals surface area (Å²) in [5, 5.41) is 7.66. The summed E-state index contributed by atoms with van der Waals surface area (Å²) in [4.78, 5) is 48.4. The number of benzene rings is 3. The topological polar surface area (TPSA) is 89.6 Å². The highest BCUT2D eigenvalue weighted by Crippen LogP contribution is 2.40. The van der Waals surface area contributed by atoms with Crippen molar-refractivity contribution >= 4 is 46.5 Å². The predicted octanol–water partition coefficient (Wildman–Crippen LogP) is 6.37. The van der Waals surface area contributed by atoms with Gasteiger partial charge in [-0.05, 0) is 112 Å². The molecule has 45 heavy (non-hydrogen) atoms. The van der Waals surface area contributed by atoms with Crippen LogP contribution < -0.4 is 14.7 Å². The van der Waals surface area contributed by atoms with E-state index in [0.29, 0.717) is 29.3 Å². The molecule has 228 valence electrons. The lowest BCUT2D eigenvalue weighted by molar-refractivity contribution is -0.123. The Bertz CT molecular complexity index is 1840. The Morgan fingerprint density at radius 1 is 0.822 bits per heavy atom. The lowest BCUT2D eigenvalue weighted by Gasteiger charge is -2.29. The number of H-pyrrole nitrogens is 1. The second kappa shape index (κ2) is 11.8. The van der Waals surface area contributed by atoms with Crippen LogP contribution in [-0.2, 0) is 33.6 Å². The maximum absolute atomic E-state index is 14.6. The maximum Gasteiger partial charge on any atom is 0.268 e. The van der Waals surface area contributed by atoms with Gasteiger partial charge in [0.25, 0.3) is 11.8 Å². The number of carbonyl (C=O) groups is 3. The van der Waals surface area contributed by atoms with Gasteiger partial charge in [-0.2, -0.15) is 5.10 Å². The quantitative estimate of drug-likeness (QED) is 0.218. The van der Waals surface area contributed by atoms with E-state index in [1.165, 1.54) is 16.0 Å². The van der Waals surface area contributed by atoms with Gasteiger partial charge in [0.05, 0.1) is 17.1 Å². The lowest BCUT2D eigenvalue weighted by atomic mass is 9.95. The van der Waals surface area contributed by atoms with Crippen molar-refractivity contribution in [2.24, 2.45) is 0 Å². The number of fused-ring (bicyclic) bond motifs is 3. The average molecular weight is 600 g/mol. The minimum atomic E-state index is -0.512. The van der Waals surface area contributed by atoms with Crippen molar-refractivity contribution < 1.29 is 14.4 Å². The van der Waals surface area contributed by atoms with Crippen LogP contribution in [0.2, 0.25) is 0 Å². The van der Waals surface area contributed by atoms with Crippen LogP contribution in [0.25, 0.3) is 6.08 Å². The van der Waals surface area contributed by atoms with E-state index in [9.17, 15) is 14.4 Å². The molecular weight excluding hydrogens is 562 g/mol. The molecule has 0 spiro atoms. The fourth-order valence-electron chi connectivity index (χ4n) is 7.05. The SMILES string of the molecule is Cc1cc(C)c2c(c1)N(C(=O)CN1C(=O)/C(=C/c3n[nH]c4c3CCCC4)C(=O)N(c3ccccc3)c3ccccc31)CCCC2. The van der Waals surface area contributed by atoms with Crippen LogP contribution in [0.15, 0.2) is 72.3 Å². The van der Waals surface area contributed by atoms with Crippen LogP contribution in [0.4, 0.5) is 22.7 Å². The molecule has 3 amide bonds. The third-order valence-corrected chi connectivity index (χ3v) is 9.24. The molecule has 0 radical (unpaired) electrons. The van der Waals surface area contributed by atoms with Gasteiger partial charge in [-0.15, -0.1) is 0 Å². The van der Waals surface area contributed by atoms with Gasteiger partial charge in [0.15, 0.2) is 0 Å². The molecule has 3 aromatic carbocycles. The number of amides is 3. The van der Waals surface area contributed by atoms with E-state index >= 15 is 0 Å². The monoisotopic (exact) mass is 599 g/mol. The second-order valence-electron chi connectivity index (χ2n) is 12.3. The van der Waals surface area contributed by atoms with E-state index in [0.717, 1.165) is 67.5 Å². The van der Waals surface area contributed by atoms with E-state index in [4.69, 9.17) is 0 Å². The van der Waals surface area contributed by atoms with E-state index in [1.807, 2.05) is 66.4 Å². The smallest absolute Gasteiger partial charge is 0.268 e. The van der Waals surface area contributed by atoms with Crippen LogP contribution in [0.3, 0.4) is 0 Å². The third-order valence-electron chi connectivity index (χ3n) is 9.24. The minimum absolute atomic E-state index is 0.0225. The summed E-state index contributed by atoms with van der Waals surface area (Å²) in [5.74, 6) is -1.14. The standard InChI is InChI=1S/C37H37N5O3/c1-24-20-25(2)27-14-10-11-19-40(34(27)21-24)35(43)23-41-32-17-8-9-18-33(32)42(26-12-4-3-5-13-26)37(45)29(36(41)44)22-31-28-15-6-7-16-30(28)38-39-31/h3-5,8-9,12-13,17-18,20-22H,6-7,10-11,14-16,19,23H2,1-2H3,(H,38,39)/b29-22-. The Hall–Kier alpha value is -4.98. The summed E-state index contributed by atoms with van der Waals surface area (Å²) >= 11 is 0. The Balaban J connectivity index is 1.35. The zero-order valence-electron chi connectivity index (χ0n) is 25.8. The van der Waals surface area contributed by atoms with Gasteiger partial charge in [-0.1, -0.05) is 36.4 Å². The molecule has 1 aliphatic carbocycles. The molecule has 2 aliphatic heterocycles. The molecule has 8 nitrogen and oxygen atoms in total. The summed E-state index contributed by atoms with van der Waals surface area (Å²) in [5.41, 5.74) is 8.77. The molecule has 0 saturated carbocycles. The highest BCUT2D eigenvalue weighted by atomic mass is 16.2. The van der Waals surface area contributed by atoms with E-state index < -0.39 is 11.8 Å². The van der Waals surface area contributed by atoms with Gasteiger partial charge < -0.3 is 4.90 Å². The van der Waals surface area contributed by atoms with Gasteiger partial charge in [0.1, 0.15) is 12.1 Å². The number of nitrogens with one attached hydrogen (secondary N) is 1. The van der Waals surface area contributed by atoms with E-state index in [1.54, 1.807) is 11.0 Å². The lowest BCUT2D eigenvalue weighted by Crippen LogP contribution is -2.44. The van der Waals surface area contributed by atoms with Crippen molar-refractivity contribution in [3.05, 3.63) is 106 Å². The summed E-state index contributed by atoms with van der Waals surface area (Å²) in [6.45, 7) is 4.52. The normalized spacial score (nSPS) is 17.5. The highest BCUT2D eigenvalue weighted by molar-refractivity contribution is 6.35. The van der Waals surface area contributed by atoms with Crippen molar-refractivity contribution in [1.29, 1.82) is 0 Å². The first-order valence-electron chi connectivity index (χ1n) is 15.9. The molecular formula is C37H37N5O3. The summed E-state index contributed by atoms with van der Waals surface area (Å²) < 4.78 is 0. The molecule has 0 bridgehead atoms. The Labute approximate surface area is 263 Å². The first-order valence-corrected chi connectivity index (χ1v) is 15.9. The van der Waals surface area contributed by atoms with Crippen LogP contribution in [0, 0.1) is 13.8 Å². The summed E-state index contributed by atoms with van der Waals surface area (Å²) in [7, 11) is 0. The average Bonchev–Trinajstić information content (AvgIpc) is 3.29. The zero-order valence-corrected chi connectivity index (χ0v) is 25.8. The Kier molecular flexibility index (Phi) is 7.57. The molecule has 8 heteroatoms. The van der Waals surface area contributed by atoms with Crippen LogP contribution in [0.5, 0.6) is 0 Å². The third kappa shape index (κ3) is 5.24. The van der Waals surface area contributed by atoms with Crippen LogP contribution in [-0.4, -0.2) is 41.0 Å². The first kappa shape index (κ1) is 28.8. The molecule has 0 fully saturated rings. The highest BCUT2D eigenvalue weighted by Gasteiger charge is 2.39. The number of hydrogen-bond donors (Lipinski definition) is 1. The van der Waals surface area contributed by atoms with Gasteiger partial charge >= 0.3 is 0 Å². The van der Waals surface area contributed by atoms with Crippen molar-refractivity contribution in [3.8, 4) is 0 Å². The fraction of sp³-hybridized carbons (Fsp3) is 0.297. The molecule has 3 aliphatic rings. The largest absolute Gasteiger partial charge is 0.311 e. The molecule has 0 saturated heterocycles. The molecule has 1 aromatic heterocycles. The maximum atomic E-state index is 14.6. The number of aromatic nitrogens is 2. The predicted molar refractivity (Wildman–Crippen MR) is 177 cm³/mol. The summed E-state index contributed by atoms with van der Waals surface area (Å²) in [6, 6.07) is 20.9. The van der Waals surface area contributed by atoms with Crippen LogP contribution in [0.1, 0.15) is 59.3 Å². The Morgan fingerprint density at radius 3 is 2.36 bits per heavy atom. The van der Waals surface area contributed by atoms with Gasteiger partial charge in [-0.3, -0.25) is 29.3 Å². The number of para-hydroxylation sites is 3. The van der Waals surface area contributed by atoms with Crippen molar-refractivity contribution in [2.45, 2.75) is 58.8 Å². The zero-order chi connectivity index (χ0) is 31.1. The number of nitrogens with zero attached hydrogens (tertiary/aromatic N) is 4. The summed E-state index contributed by atoms with van der Waals surface area (Å²) in [6.07, 6.45) is 8.25. The van der Waals surface area contributed by atoms with Crippen molar-refractivity contribution in [2.75, 3.05) is 27.8 Å². The second-order valence-corrected chi connectivity index (χ2v) is 12.3. The van der Waals surface area contributed by atoms with Gasteiger partial charge in [0.2, 0.25) is 5.91 Å². The van der Waals surface area contributed by atoms with Gasteiger partial charge in [0, 0.05) is 29.2 Å². The fourth-order valence-corrected chi connectivity index (χ4v) is 7.05. The number of aryl methyl sites for hydroxylation is 3. The molecule has 3 heterocycles. The van der Waals surface area contributed by atoms with Gasteiger partial charge in [-0.25, -0.2) is 0 Å². The van der Waals surface area contributed by atoms with E-state index in [2.05, 4.69) is 29.3 Å². The van der Waals surface area contributed by atoms with Crippen molar-refractivity contribution in [3.63, 3.8) is 0 Å². The minimum Gasteiger partial charge on any atom is -0.311 e. The number of anilines is 4. The Morgan fingerprint density at radius 2 is 1.53 bits per heavy atom.